The van der Waals surface area contributed by atoms with Crippen LogP contribution >= 0.6 is 0 Å². The average molecular weight is 268 g/mol. The molecule has 0 amide bonds. The third-order valence-electron chi connectivity index (χ3n) is 4.48. The van der Waals surface area contributed by atoms with E-state index in [2.05, 4.69) is 59.6 Å². The van der Waals surface area contributed by atoms with Gasteiger partial charge in [-0.25, -0.2) is 0 Å². The molecule has 0 bridgehead atoms. The minimum atomic E-state index is 0.731. The smallest absolute Gasteiger partial charge is 0.0221 e. The molecule has 1 unspecified atom stereocenters. The van der Waals surface area contributed by atoms with Gasteiger partial charge in [0.05, 0.1) is 0 Å². The molecule has 1 aliphatic heterocycles. The Morgan fingerprint density at radius 2 is 2.00 bits per heavy atom. The Kier molecular flexibility index (Phi) is 4.34. The molecule has 0 aliphatic carbocycles. The molecule has 0 radical (unpaired) electrons. The number of hydrogen-bond donors (Lipinski definition) is 1. The van der Waals surface area contributed by atoms with Crippen LogP contribution in [0, 0.1) is 0 Å². The van der Waals surface area contributed by atoms with Crippen molar-refractivity contribution < 1.29 is 0 Å². The van der Waals surface area contributed by atoms with Crippen LogP contribution in [0.3, 0.4) is 0 Å². The summed E-state index contributed by atoms with van der Waals surface area (Å²) in [6.07, 6.45) is 2.70. The van der Waals surface area contributed by atoms with Gasteiger partial charge in [-0.05, 0) is 42.3 Å². The van der Waals surface area contributed by atoms with Crippen molar-refractivity contribution in [3.05, 3.63) is 48.0 Å². The van der Waals surface area contributed by atoms with Crippen LogP contribution in [-0.4, -0.2) is 30.6 Å². The minimum absolute atomic E-state index is 0.731. The van der Waals surface area contributed by atoms with E-state index in [0.29, 0.717) is 0 Å². The van der Waals surface area contributed by atoms with Gasteiger partial charge in [0.15, 0.2) is 0 Å². The monoisotopic (exact) mass is 268 g/mol. The van der Waals surface area contributed by atoms with Gasteiger partial charge in [-0.1, -0.05) is 49.4 Å². The van der Waals surface area contributed by atoms with Crippen molar-refractivity contribution in [1.82, 2.24) is 10.2 Å². The minimum Gasteiger partial charge on any atom is -0.311 e. The van der Waals surface area contributed by atoms with Crippen LogP contribution in [0.2, 0.25) is 0 Å². The number of likely N-dealkylation sites (tertiary alicyclic amines) is 1. The first kappa shape index (κ1) is 13.6. The van der Waals surface area contributed by atoms with Crippen LogP contribution in [0.1, 0.15) is 25.3 Å². The third kappa shape index (κ3) is 2.87. The number of fused-ring (bicyclic) bond motifs is 1. The normalized spacial score (nSPS) is 19.8. The fourth-order valence-electron chi connectivity index (χ4n) is 3.36. The van der Waals surface area contributed by atoms with E-state index in [1.165, 1.54) is 42.3 Å². The highest BCUT2D eigenvalue weighted by Crippen LogP contribution is 2.19. The Bertz CT molecular complexity index is 559. The highest BCUT2D eigenvalue weighted by Gasteiger charge is 2.22. The van der Waals surface area contributed by atoms with Crippen molar-refractivity contribution in [3.63, 3.8) is 0 Å². The molecule has 3 rings (SSSR count). The third-order valence-corrected chi connectivity index (χ3v) is 4.48. The molecule has 0 aromatic heterocycles. The Labute approximate surface area is 121 Å². The van der Waals surface area contributed by atoms with Gasteiger partial charge in [-0.3, -0.25) is 4.90 Å². The van der Waals surface area contributed by atoms with Crippen molar-refractivity contribution in [2.45, 2.75) is 32.4 Å². The van der Waals surface area contributed by atoms with Gasteiger partial charge in [-0.15, -0.1) is 0 Å². The van der Waals surface area contributed by atoms with Gasteiger partial charge >= 0.3 is 0 Å². The Hall–Kier alpha value is -1.38. The lowest BCUT2D eigenvalue weighted by Gasteiger charge is -2.23. The summed E-state index contributed by atoms with van der Waals surface area (Å²) in [6.45, 7) is 6.80. The van der Waals surface area contributed by atoms with E-state index in [-0.39, 0.29) is 0 Å². The Morgan fingerprint density at radius 3 is 2.90 bits per heavy atom. The van der Waals surface area contributed by atoms with E-state index < -0.39 is 0 Å². The zero-order valence-corrected chi connectivity index (χ0v) is 12.3. The first-order valence-electron chi connectivity index (χ1n) is 7.80. The largest absolute Gasteiger partial charge is 0.311 e. The van der Waals surface area contributed by atoms with Crippen LogP contribution in [0.15, 0.2) is 42.5 Å². The van der Waals surface area contributed by atoms with E-state index in [1.807, 2.05) is 0 Å². The fourth-order valence-corrected chi connectivity index (χ4v) is 3.36. The molecule has 2 aromatic rings. The van der Waals surface area contributed by atoms with E-state index in [9.17, 15) is 0 Å². The molecule has 1 saturated heterocycles. The number of rotatable bonds is 5. The zero-order valence-electron chi connectivity index (χ0n) is 12.3. The zero-order chi connectivity index (χ0) is 13.8. The topological polar surface area (TPSA) is 15.3 Å². The molecule has 1 fully saturated rings. The van der Waals surface area contributed by atoms with Crippen LogP contribution in [0.25, 0.3) is 10.8 Å². The number of benzene rings is 2. The second-order valence-corrected chi connectivity index (χ2v) is 5.69. The highest BCUT2D eigenvalue weighted by atomic mass is 15.2. The summed E-state index contributed by atoms with van der Waals surface area (Å²) in [4.78, 5) is 2.59. The van der Waals surface area contributed by atoms with Crippen LogP contribution < -0.4 is 5.32 Å². The summed E-state index contributed by atoms with van der Waals surface area (Å²) in [6, 6.07) is 16.0. The second-order valence-electron chi connectivity index (χ2n) is 5.69. The van der Waals surface area contributed by atoms with E-state index in [1.54, 1.807) is 0 Å². The molecule has 2 aromatic carbocycles. The highest BCUT2D eigenvalue weighted by molar-refractivity contribution is 5.85. The van der Waals surface area contributed by atoms with Crippen molar-refractivity contribution in [2.24, 2.45) is 0 Å². The lowest BCUT2D eigenvalue weighted by molar-refractivity contribution is 0.260. The van der Waals surface area contributed by atoms with Gasteiger partial charge in [0.25, 0.3) is 0 Å². The Morgan fingerprint density at radius 1 is 1.15 bits per heavy atom. The van der Waals surface area contributed by atoms with Crippen molar-refractivity contribution in [1.29, 1.82) is 0 Å². The van der Waals surface area contributed by atoms with Gasteiger partial charge in [0, 0.05) is 19.1 Å². The van der Waals surface area contributed by atoms with Crippen molar-refractivity contribution in [2.75, 3.05) is 19.6 Å². The number of nitrogens with one attached hydrogen (secondary N) is 1. The van der Waals surface area contributed by atoms with Gasteiger partial charge in [0.2, 0.25) is 0 Å². The van der Waals surface area contributed by atoms with E-state index in [0.717, 1.165) is 19.1 Å². The quantitative estimate of drug-likeness (QED) is 0.894. The van der Waals surface area contributed by atoms with Gasteiger partial charge < -0.3 is 5.32 Å². The Balaban J connectivity index is 1.63. The van der Waals surface area contributed by atoms with E-state index in [4.69, 9.17) is 0 Å². The predicted molar refractivity (Wildman–Crippen MR) is 85.9 cm³/mol. The van der Waals surface area contributed by atoms with Crippen molar-refractivity contribution in [3.8, 4) is 0 Å². The molecule has 20 heavy (non-hydrogen) atoms. The van der Waals surface area contributed by atoms with Crippen molar-refractivity contribution >= 4 is 10.8 Å². The second kappa shape index (κ2) is 6.38. The molecule has 2 heteroatoms. The van der Waals surface area contributed by atoms with Gasteiger partial charge in [-0.2, -0.15) is 0 Å². The molecule has 1 heterocycles. The van der Waals surface area contributed by atoms with Crippen LogP contribution in [-0.2, 0) is 6.54 Å². The summed E-state index contributed by atoms with van der Waals surface area (Å²) in [5.74, 6) is 0. The SMILES string of the molecule is CCN1CCCC1CNCc1cccc2ccccc12. The summed E-state index contributed by atoms with van der Waals surface area (Å²) in [5, 5.41) is 6.37. The number of nitrogens with zero attached hydrogens (tertiary/aromatic N) is 1. The fraction of sp³-hybridized carbons (Fsp3) is 0.444. The van der Waals surface area contributed by atoms with E-state index >= 15 is 0 Å². The van der Waals surface area contributed by atoms with Gasteiger partial charge in [0.1, 0.15) is 0 Å². The maximum atomic E-state index is 3.66. The predicted octanol–water partition coefficient (Wildman–Crippen LogP) is 3.41. The summed E-state index contributed by atoms with van der Waals surface area (Å²) >= 11 is 0. The number of hydrogen-bond acceptors (Lipinski definition) is 2. The lowest BCUT2D eigenvalue weighted by Crippen LogP contribution is -2.37. The molecular formula is C18H24N2. The van der Waals surface area contributed by atoms with Crippen LogP contribution in [0.4, 0.5) is 0 Å². The number of likely N-dealkylation sites (N-methyl/N-ethyl adjacent to an activating group) is 1. The van der Waals surface area contributed by atoms with Crippen LogP contribution in [0.5, 0.6) is 0 Å². The molecule has 0 spiro atoms. The average Bonchev–Trinajstić information content (AvgIpc) is 2.95. The molecule has 1 N–H and O–H groups in total. The standard InChI is InChI=1S/C18H24N2/c1-2-20-12-6-10-17(20)14-19-13-16-9-5-8-15-7-3-4-11-18(15)16/h3-5,7-9,11,17,19H,2,6,10,12-14H2,1H3. The molecular weight excluding hydrogens is 244 g/mol. The maximum absolute atomic E-state index is 3.66. The first-order valence-corrected chi connectivity index (χ1v) is 7.80. The summed E-state index contributed by atoms with van der Waals surface area (Å²) in [7, 11) is 0. The first-order chi connectivity index (χ1) is 9.88. The molecule has 1 atom stereocenters. The summed E-state index contributed by atoms with van der Waals surface area (Å²) in [5.41, 5.74) is 1.41. The molecule has 0 saturated carbocycles. The summed E-state index contributed by atoms with van der Waals surface area (Å²) < 4.78 is 0. The molecule has 106 valence electrons. The molecule has 2 nitrogen and oxygen atoms in total. The maximum Gasteiger partial charge on any atom is 0.0221 e. The lowest BCUT2D eigenvalue weighted by atomic mass is 10.0. The molecule has 1 aliphatic rings.